The number of nitrogens with one attached hydrogen (secondary N) is 3. The average molecular weight is 344 g/mol. The summed E-state index contributed by atoms with van der Waals surface area (Å²) < 4.78 is 0. The van der Waals surface area contributed by atoms with Gasteiger partial charge in [0.25, 0.3) is 5.91 Å². The summed E-state index contributed by atoms with van der Waals surface area (Å²) in [5.41, 5.74) is 1.83. The molecule has 1 aliphatic rings. The Morgan fingerprint density at radius 3 is 2.62 bits per heavy atom. The van der Waals surface area contributed by atoms with E-state index in [0.29, 0.717) is 28.0 Å². The molecule has 1 saturated carbocycles. The first-order chi connectivity index (χ1) is 11.6. The molecule has 2 amide bonds. The Kier molecular flexibility index (Phi) is 5.01. The zero-order valence-corrected chi connectivity index (χ0v) is 13.8. The SMILES string of the molecule is O=C(CNc1ccccc1Cl)Nc1cccc(C(=O)NC2CC2)c1. The Bertz CT molecular complexity index is 759. The van der Waals surface area contributed by atoms with E-state index in [0.717, 1.165) is 12.8 Å². The van der Waals surface area contributed by atoms with Crippen LogP contribution in [0.2, 0.25) is 5.02 Å². The lowest BCUT2D eigenvalue weighted by Crippen LogP contribution is -2.26. The highest BCUT2D eigenvalue weighted by molar-refractivity contribution is 6.33. The fourth-order valence-electron chi connectivity index (χ4n) is 2.22. The smallest absolute Gasteiger partial charge is 0.251 e. The molecule has 6 heteroatoms. The van der Waals surface area contributed by atoms with E-state index >= 15 is 0 Å². The summed E-state index contributed by atoms with van der Waals surface area (Å²) in [7, 11) is 0. The number of anilines is 2. The van der Waals surface area contributed by atoms with Crippen LogP contribution in [0.25, 0.3) is 0 Å². The van der Waals surface area contributed by atoms with Gasteiger partial charge in [0.2, 0.25) is 5.91 Å². The summed E-state index contributed by atoms with van der Waals surface area (Å²) in [5, 5.41) is 9.24. The van der Waals surface area contributed by atoms with E-state index in [1.807, 2.05) is 12.1 Å². The van der Waals surface area contributed by atoms with Gasteiger partial charge in [-0.05, 0) is 43.2 Å². The van der Waals surface area contributed by atoms with Crippen molar-refractivity contribution in [1.82, 2.24) is 5.32 Å². The molecule has 2 aromatic rings. The lowest BCUT2D eigenvalue weighted by molar-refractivity contribution is -0.114. The van der Waals surface area contributed by atoms with E-state index in [1.54, 1.807) is 36.4 Å². The second-order valence-corrected chi connectivity index (χ2v) is 6.12. The molecule has 0 radical (unpaired) electrons. The quantitative estimate of drug-likeness (QED) is 0.753. The fraction of sp³-hybridized carbons (Fsp3) is 0.222. The summed E-state index contributed by atoms with van der Waals surface area (Å²) in [5.74, 6) is -0.322. The molecule has 0 atom stereocenters. The number of para-hydroxylation sites is 1. The van der Waals surface area contributed by atoms with Crippen LogP contribution < -0.4 is 16.0 Å². The normalized spacial score (nSPS) is 13.2. The minimum absolute atomic E-state index is 0.0855. The highest BCUT2D eigenvalue weighted by Crippen LogP contribution is 2.21. The Morgan fingerprint density at radius 2 is 1.88 bits per heavy atom. The second kappa shape index (κ2) is 7.36. The zero-order valence-electron chi connectivity index (χ0n) is 13.0. The monoisotopic (exact) mass is 343 g/mol. The average Bonchev–Trinajstić information content (AvgIpc) is 3.38. The van der Waals surface area contributed by atoms with E-state index in [1.165, 1.54) is 0 Å². The summed E-state index contributed by atoms with van der Waals surface area (Å²) in [6.07, 6.45) is 2.08. The van der Waals surface area contributed by atoms with Gasteiger partial charge in [0.1, 0.15) is 0 Å². The van der Waals surface area contributed by atoms with Crippen LogP contribution in [0.1, 0.15) is 23.2 Å². The maximum absolute atomic E-state index is 12.0. The minimum Gasteiger partial charge on any atom is -0.375 e. The van der Waals surface area contributed by atoms with Crippen molar-refractivity contribution in [2.75, 3.05) is 17.2 Å². The first kappa shape index (κ1) is 16.3. The van der Waals surface area contributed by atoms with Gasteiger partial charge in [0, 0.05) is 17.3 Å². The van der Waals surface area contributed by atoms with Gasteiger partial charge >= 0.3 is 0 Å². The van der Waals surface area contributed by atoms with Gasteiger partial charge in [-0.2, -0.15) is 0 Å². The molecule has 2 aromatic carbocycles. The van der Waals surface area contributed by atoms with Crippen LogP contribution in [-0.2, 0) is 4.79 Å². The van der Waals surface area contributed by atoms with Crippen molar-refractivity contribution in [3.8, 4) is 0 Å². The van der Waals surface area contributed by atoms with Gasteiger partial charge in [0.05, 0.1) is 17.3 Å². The van der Waals surface area contributed by atoms with Gasteiger partial charge in [-0.3, -0.25) is 9.59 Å². The molecule has 24 heavy (non-hydrogen) atoms. The Morgan fingerprint density at radius 1 is 1.08 bits per heavy atom. The number of carbonyl (C=O) groups excluding carboxylic acids is 2. The van der Waals surface area contributed by atoms with E-state index in [2.05, 4.69) is 16.0 Å². The predicted octanol–water partition coefficient (Wildman–Crippen LogP) is 3.28. The van der Waals surface area contributed by atoms with Crippen LogP contribution in [0.4, 0.5) is 11.4 Å². The third-order valence-electron chi connectivity index (χ3n) is 3.63. The van der Waals surface area contributed by atoms with Gasteiger partial charge in [-0.1, -0.05) is 29.8 Å². The topological polar surface area (TPSA) is 70.2 Å². The van der Waals surface area contributed by atoms with Crippen molar-refractivity contribution in [1.29, 1.82) is 0 Å². The standard InChI is InChI=1S/C18H18ClN3O2/c19-15-6-1-2-7-16(15)20-11-17(23)21-14-5-3-4-12(10-14)18(24)22-13-8-9-13/h1-7,10,13,20H,8-9,11H2,(H,21,23)(H,22,24). The molecule has 3 rings (SSSR count). The second-order valence-electron chi connectivity index (χ2n) is 5.71. The van der Waals surface area contributed by atoms with E-state index in [-0.39, 0.29) is 18.4 Å². The van der Waals surface area contributed by atoms with Crippen molar-refractivity contribution < 1.29 is 9.59 Å². The molecule has 0 aromatic heterocycles. The summed E-state index contributed by atoms with van der Waals surface area (Å²) in [4.78, 5) is 24.1. The lowest BCUT2D eigenvalue weighted by atomic mass is 10.2. The third-order valence-corrected chi connectivity index (χ3v) is 3.96. The number of halogens is 1. The number of hydrogen-bond donors (Lipinski definition) is 3. The maximum Gasteiger partial charge on any atom is 0.251 e. The molecule has 0 unspecified atom stereocenters. The molecular weight excluding hydrogens is 326 g/mol. The van der Waals surface area contributed by atoms with Crippen molar-refractivity contribution >= 4 is 34.8 Å². The van der Waals surface area contributed by atoms with Crippen molar-refractivity contribution in [3.63, 3.8) is 0 Å². The van der Waals surface area contributed by atoms with Crippen LogP contribution in [0, 0.1) is 0 Å². The number of benzene rings is 2. The summed E-state index contributed by atoms with van der Waals surface area (Å²) in [6, 6.07) is 14.4. The molecule has 0 aliphatic heterocycles. The first-order valence-electron chi connectivity index (χ1n) is 7.81. The summed E-state index contributed by atoms with van der Waals surface area (Å²) in [6.45, 7) is 0.0855. The first-order valence-corrected chi connectivity index (χ1v) is 8.19. The van der Waals surface area contributed by atoms with Crippen LogP contribution in [0.15, 0.2) is 48.5 Å². The summed E-state index contributed by atoms with van der Waals surface area (Å²) >= 11 is 6.03. The van der Waals surface area contributed by atoms with Gasteiger partial charge < -0.3 is 16.0 Å². The Labute approximate surface area is 145 Å². The third kappa shape index (κ3) is 4.49. The highest BCUT2D eigenvalue weighted by atomic mass is 35.5. The molecule has 0 heterocycles. The van der Waals surface area contributed by atoms with Gasteiger partial charge in [-0.15, -0.1) is 0 Å². The molecular formula is C18H18ClN3O2. The number of amides is 2. The number of rotatable bonds is 6. The van der Waals surface area contributed by atoms with Gasteiger partial charge in [0.15, 0.2) is 0 Å². The molecule has 0 saturated heterocycles. The van der Waals surface area contributed by atoms with Crippen LogP contribution in [0.3, 0.4) is 0 Å². The molecule has 1 fully saturated rings. The minimum atomic E-state index is -0.213. The molecule has 124 valence electrons. The number of hydrogen-bond acceptors (Lipinski definition) is 3. The van der Waals surface area contributed by atoms with E-state index in [4.69, 9.17) is 11.6 Å². The Hall–Kier alpha value is -2.53. The van der Waals surface area contributed by atoms with Crippen LogP contribution >= 0.6 is 11.6 Å². The molecule has 1 aliphatic carbocycles. The molecule has 0 spiro atoms. The predicted molar refractivity (Wildman–Crippen MR) is 95.5 cm³/mol. The van der Waals surface area contributed by atoms with Gasteiger partial charge in [-0.25, -0.2) is 0 Å². The Balaban J connectivity index is 1.56. The van der Waals surface area contributed by atoms with E-state index in [9.17, 15) is 9.59 Å². The maximum atomic E-state index is 12.0. The largest absolute Gasteiger partial charge is 0.375 e. The molecule has 0 bridgehead atoms. The lowest BCUT2D eigenvalue weighted by Gasteiger charge is -2.10. The molecule has 3 N–H and O–H groups in total. The molecule has 5 nitrogen and oxygen atoms in total. The van der Waals surface area contributed by atoms with Crippen molar-refractivity contribution in [2.24, 2.45) is 0 Å². The zero-order chi connectivity index (χ0) is 16.9. The van der Waals surface area contributed by atoms with Crippen LogP contribution in [-0.4, -0.2) is 24.4 Å². The van der Waals surface area contributed by atoms with Crippen molar-refractivity contribution in [2.45, 2.75) is 18.9 Å². The van der Waals surface area contributed by atoms with E-state index < -0.39 is 0 Å². The number of carbonyl (C=O) groups is 2. The van der Waals surface area contributed by atoms with Crippen molar-refractivity contribution in [3.05, 3.63) is 59.1 Å². The van der Waals surface area contributed by atoms with Crippen LogP contribution in [0.5, 0.6) is 0 Å². The highest BCUT2D eigenvalue weighted by Gasteiger charge is 2.23. The fourth-order valence-corrected chi connectivity index (χ4v) is 2.42.